The summed E-state index contributed by atoms with van der Waals surface area (Å²) in [4.78, 5) is 37.0. The second-order valence-electron chi connectivity index (χ2n) is 9.21. The maximum atomic E-state index is 13.0. The molecule has 3 N–H and O–H groups in total. The Morgan fingerprint density at radius 2 is 1.45 bits per heavy atom. The third kappa shape index (κ3) is 6.28. The Labute approximate surface area is 232 Å². The average molecular weight is 549 g/mol. The van der Waals surface area contributed by atoms with Crippen molar-refractivity contribution in [3.8, 4) is 28.4 Å². The lowest BCUT2D eigenvalue weighted by atomic mass is 9.98. The summed E-state index contributed by atoms with van der Waals surface area (Å²) in [5, 5.41) is 14.4. The van der Waals surface area contributed by atoms with Gasteiger partial charge in [-0.2, -0.15) is 0 Å². The van der Waals surface area contributed by atoms with E-state index < -0.39 is 24.0 Å². The van der Waals surface area contributed by atoms with Crippen LogP contribution in [0.25, 0.3) is 11.1 Å². The maximum Gasteiger partial charge on any atom is 0.407 e. The molecular formula is C30H32N2O8. The molecule has 210 valence electrons. The largest absolute Gasteiger partial charge is 0.493 e. The standard InChI is InChI=1S/C30H32N2O8/c1-37-25-14-18(15-26(38-2)28(25)39-3)16-31-29(35)24(12-13-27(33)34)32-30(36)40-17-23-21-10-6-4-8-19(21)20-9-5-7-11-22(20)23/h4-11,14-15,23-24H,12-13,16-17H2,1-3H3,(H,31,35)(H,32,36)(H,33,34)/t24-/m0/s1. The molecule has 3 aromatic rings. The fourth-order valence-corrected chi connectivity index (χ4v) is 4.87. The molecule has 0 bridgehead atoms. The van der Waals surface area contributed by atoms with Crippen molar-refractivity contribution in [2.75, 3.05) is 27.9 Å². The number of nitrogens with one attached hydrogen (secondary N) is 2. The minimum absolute atomic E-state index is 0.0680. The van der Waals surface area contributed by atoms with Gasteiger partial charge in [-0.05, 0) is 46.4 Å². The number of fused-ring (bicyclic) bond motifs is 3. The highest BCUT2D eigenvalue weighted by molar-refractivity contribution is 5.86. The fourth-order valence-electron chi connectivity index (χ4n) is 4.87. The van der Waals surface area contributed by atoms with E-state index in [9.17, 15) is 14.4 Å². The Hall–Kier alpha value is -4.73. The van der Waals surface area contributed by atoms with Crippen LogP contribution >= 0.6 is 0 Å². The zero-order valence-corrected chi connectivity index (χ0v) is 22.6. The van der Waals surface area contributed by atoms with Gasteiger partial charge in [0.25, 0.3) is 0 Å². The summed E-state index contributed by atoms with van der Waals surface area (Å²) in [6.07, 6.45) is -1.23. The van der Waals surface area contributed by atoms with E-state index in [4.69, 9.17) is 24.1 Å². The van der Waals surface area contributed by atoms with E-state index in [0.29, 0.717) is 22.8 Å². The van der Waals surface area contributed by atoms with Crippen LogP contribution in [0.4, 0.5) is 4.79 Å². The monoisotopic (exact) mass is 548 g/mol. The molecule has 1 aliphatic rings. The first kappa shape index (κ1) is 28.3. The zero-order chi connectivity index (χ0) is 28.6. The van der Waals surface area contributed by atoms with E-state index in [1.165, 1.54) is 21.3 Å². The van der Waals surface area contributed by atoms with Crippen LogP contribution in [0.2, 0.25) is 0 Å². The molecule has 0 saturated carbocycles. The molecule has 3 aromatic carbocycles. The predicted octanol–water partition coefficient (Wildman–Crippen LogP) is 4.10. The molecule has 0 aliphatic heterocycles. The molecule has 2 amide bonds. The molecule has 0 fully saturated rings. The third-order valence-electron chi connectivity index (χ3n) is 6.79. The number of carbonyl (C=O) groups excluding carboxylic acids is 2. The Bertz CT molecular complexity index is 1320. The van der Waals surface area contributed by atoms with Crippen molar-refractivity contribution < 1.29 is 38.4 Å². The first-order valence-electron chi connectivity index (χ1n) is 12.8. The van der Waals surface area contributed by atoms with Gasteiger partial charge >= 0.3 is 12.1 Å². The summed E-state index contributed by atoms with van der Waals surface area (Å²) in [5.74, 6) is -0.531. The van der Waals surface area contributed by atoms with Crippen LogP contribution in [0.1, 0.15) is 35.4 Å². The molecule has 0 spiro atoms. The van der Waals surface area contributed by atoms with Crippen molar-refractivity contribution in [3.05, 3.63) is 77.4 Å². The summed E-state index contributed by atoms with van der Waals surface area (Å²) in [6.45, 7) is 0.143. The van der Waals surface area contributed by atoms with Gasteiger partial charge in [0, 0.05) is 18.9 Å². The highest BCUT2D eigenvalue weighted by Crippen LogP contribution is 2.44. The third-order valence-corrected chi connectivity index (χ3v) is 6.79. The zero-order valence-electron chi connectivity index (χ0n) is 22.6. The Balaban J connectivity index is 1.41. The van der Waals surface area contributed by atoms with Crippen molar-refractivity contribution in [2.45, 2.75) is 31.3 Å². The van der Waals surface area contributed by atoms with Crippen LogP contribution in [-0.4, -0.2) is 57.1 Å². The molecule has 40 heavy (non-hydrogen) atoms. The Morgan fingerprint density at radius 1 is 0.875 bits per heavy atom. The molecule has 0 heterocycles. The fraction of sp³-hybridized carbons (Fsp3) is 0.300. The smallest absolute Gasteiger partial charge is 0.407 e. The number of alkyl carbamates (subject to hydrolysis) is 1. The van der Waals surface area contributed by atoms with E-state index in [2.05, 4.69) is 10.6 Å². The van der Waals surface area contributed by atoms with Crippen LogP contribution < -0.4 is 24.8 Å². The number of carbonyl (C=O) groups is 3. The van der Waals surface area contributed by atoms with E-state index >= 15 is 0 Å². The number of hydrogen-bond acceptors (Lipinski definition) is 7. The SMILES string of the molecule is COc1cc(CNC(=O)[C@H](CCC(=O)O)NC(=O)OCC2c3ccccc3-c3ccccc32)cc(OC)c1OC. The van der Waals surface area contributed by atoms with Gasteiger partial charge in [0.2, 0.25) is 11.7 Å². The maximum absolute atomic E-state index is 13.0. The first-order valence-corrected chi connectivity index (χ1v) is 12.8. The van der Waals surface area contributed by atoms with Crippen molar-refractivity contribution in [2.24, 2.45) is 0 Å². The van der Waals surface area contributed by atoms with Crippen LogP contribution in [0.15, 0.2) is 60.7 Å². The molecule has 4 rings (SSSR count). The molecule has 1 atom stereocenters. The molecule has 10 heteroatoms. The lowest BCUT2D eigenvalue weighted by Gasteiger charge is -2.20. The molecule has 0 unspecified atom stereocenters. The summed E-state index contributed by atoms with van der Waals surface area (Å²) in [5.41, 5.74) is 4.96. The number of ether oxygens (including phenoxy) is 4. The number of aliphatic carboxylic acids is 1. The van der Waals surface area contributed by atoms with Gasteiger partial charge in [0.1, 0.15) is 12.6 Å². The molecule has 0 saturated heterocycles. The molecule has 1 aliphatic carbocycles. The Kier molecular flexibility index (Phi) is 9.11. The topological polar surface area (TPSA) is 132 Å². The molecule has 10 nitrogen and oxygen atoms in total. The van der Waals surface area contributed by atoms with E-state index in [0.717, 1.165) is 22.3 Å². The van der Waals surface area contributed by atoms with Crippen molar-refractivity contribution in [1.29, 1.82) is 0 Å². The lowest BCUT2D eigenvalue weighted by molar-refractivity contribution is -0.137. The second kappa shape index (κ2) is 12.9. The quantitative estimate of drug-likeness (QED) is 0.308. The number of methoxy groups -OCH3 is 3. The molecule has 0 radical (unpaired) electrons. The van der Waals surface area contributed by atoms with Gasteiger partial charge in [-0.1, -0.05) is 48.5 Å². The number of benzene rings is 3. The number of amides is 2. The number of carboxylic acids is 1. The van der Waals surface area contributed by atoms with Gasteiger partial charge in [0.15, 0.2) is 11.5 Å². The molecule has 0 aromatic heterocycles. The van der Waals surface area contributed by atoms with Gasteiger partial charge < -0.3 is 34.7 Å². The summed E-state index contributed by atoms with van der Waals surface area (Å²) >= 11 is 0. The van der Waals surface area contributed by atoms with Crippen molar-refractivity contribution >= 4 is 18.0 Å². The van der Waals surface area contributed by atoms with Crippen LogP contribution in [0.3, 0.4) is 0 Å². The van der Waals surface area contributed by atoms with Gasteiger partial charge in [-0.3, -0.25) is 9.59 Å². The van der Waals surface area contributed by atoms with Crippen LogP contribution in [0, 0.1) is 0 Å². The minimum atomic E-state index is -1.12. The highest BCUT2D eigenvalue weighted by atomic mass is 16.5. The molecular weight excluding hydrogens is 516 g/mol. The van der Waals surface area contributed by atoms with Gasteiger partial charge in [-0.15, -0.1) is 0 Å². The van der Waals surface area contributed by atoms with E-state index in [-0.39, 0.29) is 31.9 Å². The Morgan fingerprint density at radius 3 is 1.98 bits per heavy atom. The van der Waals surface area contributed by atoms with Crippen LogP contribution in [0.5, 0.6) is 17.2 Å². The average Bonchev–Trinajstić information content (AvgIpc) is 3.29. The number of carboxylic acid groups (broad SMARTS) is 1. The van der Waals surface area contributed by atoms with Crippen molar-refractivity contribution in [1.82, 2.24) is 10.6 Å². The number of rotatable bonds is 12. The van der Waals surface area contributed by atoms with Crippen molar-refractivity contribution in [3.63, 3.8) is 0 Å². The summed E-state index contributed by atoms with van der Waals surface area (Å²) in [6, 6.07) is 18.2. The highest BCUT2D eigenvalue weighted by Gasteiger charge is 2.30. The van der Waals surface area contributed by atoms with E-state index in [1.807, 2.05) is 48.5 Å². The van der Waals surface area contributed by atoms with Gasteiger partial charge in [0.05, 0.1) is 21.3 Å². The second-order valence-corrected chi connectivity index (χ2v) is 9.21. The van der Waals surface area contributed by atoms with Gasteiger partial charge in [-0.25, -0.2) is 4.79 Å². The minimum Gasteiger partial charge on any atom is -0.493 e. The lowest BCUT2D eigenvalue weighted by Crippen LogP contribution is -2.47. The normalized spacial score (nSPS) is 12.5. The predicted molar refractivity (Wildman–Crippen MR) is 147 cm³/mol. The first-order chi connectivity index (χ1) is 19.4. The van der Waals surface area contributed by atoms with Crippen LogP contribution in [-0.2, 0) is 20.9 Å². The summed E-state index contributed by atoms with van der Waals surface area (Å²) < 4.78 is 21.6. The van der Waals surface area contributed by atoms with E-state index in [1.54, 1.807) is 12.1 Å². The number of hydrogen-bond donors (Lipinski definition) is 3. The summed E-state index contributed by atoms with van der Waals surface area (Å²) in [7, 11) is 4.46.